The molecule has 2 heterocycles. The highest BCUT2D eigenvalue weighted by atomic mass is 19.4. The van der Waals surface area contributed by atoms with Crippen LogP contribution in [0.1, 0.15) is 17.0 Å². The van der Waals surface area contributed by atoms with Crippen molar-refractivity contribution in [2.45, 2.75) is 18.6 Å². The summed E-state index contributed by atoms with van der Waals surface area (Å²) in [5, 5.41) is 0.345. The molecule has 2 aromatic heterocycles. The van der Waals surface area contributed by atoms with Crippen LogP contribution in [0.2, 0.25) is 0 Å². The molecule has 3 rings (SSSR count). The second kappa shape index (κ2) is 5.02. The molecule has 1 aromatic carbocycles. The lowest BCUT2D eigenvalue weighted by Crippen LogP contribution is -2.52. The van der Waals surface area contributed by atoms with Gasteiger partial charge in [0.1, 0.15) is 11.6 Å². The van der Waals surface area contributed by atoms with Crippen molar-refractivity contribution in [3.8, 4) is 5.75 Å². The van der Waals surface area contributed by atoms with Gasteiger partial charge < -0.3 is 20.4 Å². The first-order valence-electron chi connectivity index (χ1n) is 6.81. The molecule has 0 bridgehead atoms. The van der Waals surface area contributed by atoms with Crippen LogP contribution in [0.4, 0.5) is 13.2 Å². The lowest BCUT2D eigenvalue weighted by Gasteiger charge is -2.32. The number of nitrogens with two attached hydrogens (primary N) is 1. The Kier molecular flexibility index (Phi) is 3.36. The number of benzene rings is 1. The Hall–Kier alpha value is -2.48. The quantitative estimate of drug-likeness (QED) is 0.693. The van der Waals surface area contributed by atoms with Crippen molar-refractivity contribution in [3.05, 3.63) is 47.7 Å². The summed E-state index contributed by atoms with van der Waals surface area (Å²) in [6.07, 6.45) is -0.674. The zero-order valence-electron chi connectivity index (χ0n) is 12.5. The van der Waals surface area contributed by atoms with Gasteiger partial charge in [0.2, 0.25) is 5.54 Å². The molecule has 5 nitrogen and oxygen atoms in total. The fourth-order valence-corrected chi connectivity index (χ4v) is 2.82. The Morgan fingerprint density at radius 1 is 1.22 bits per heavy atom. The Bertz CT molecular complexity index is 838. The third-order valence-corrected chi connectivity index (χ3v) is 3.94. The number of alkyl halides is 3. The van der Waals surface area contributed by atoms with Crippen molar-refractivity contribution in [1.29, 1.82) is 0 Å². The Labute approximate surface area is 129 Å². The summed E-state index contributed by atoms with van der Waals surface area (Å²) in [4.78, 5) is 9.18. The molecular weight excluding hydrogens is 309 g/mol. The number of methoxy groups -OCH3 is 1. The molecule has 122 valence electrons. The van der Waals surface area contributed by atoms with Crippen LogP contribution in [0.5, 0.6) is 5.75 Å². The molecule has 3 aromatic rings. The number of hydrogen-bond donors (Lipinski definition) is 3. The molecule has 0 aliphatic rings. The number of hydrogen-bond acceptors (Lipinski definition) is 3. The highest BCUT2D eigenvalue weighted by Gasteiger charge is 2.58. The molecule has 0 saturated heterocycles. The maximum absolute atomic E-state index is 14.0. The largest absolute Gasteiger partial charge is 0.496 e. The summed E-state index contributed by atoms with van der Waals surface area (Å²) in [5.74, 6) is -0.333. The van der Waals surface area contributed by atoms with Crippen LogP contribution in [0, 0.1) is 6.92 Å². The van der Waals surface area contributed by atoms with Crippen molar-refractivity contribution in [2.24, 2.45) is 5.73 Å². The summed E-state index contributed by atoms with van der Waals surface area (Å²) in [5.41, 5.74) is 4.24. The lowest BCUT2D eigenvalue weighted by atomic mass is 9.85. The lowest BCUT2D eigenvalue weighted by molar-refractivity contribution is -0.178. The Morgan fingerprint density at radius 3 is 2.52 bits per heavy atom. The van der Waals surface area contributed by atoms with Crippen molar-refractivity contribution in [3.63, 3.8) is 0 Å². The van der Waals surface area contributed by atoms with Gasteiger partial charge in [-0.2, -0.15) is 13.2 Å². The van der Waals surface area contributed by atoms with Crippen LogP contribution < -0.4 is 10.5 Å². The average Bonchev–Trinajstić information content (AvgIpc) is 3.16. The fourth-order valence-electron chi connectivity index (χ4n) is 2.82. The minimum absolute atomic E-state index is 0.0609. The van der Waals surface area contributed by atoms with E-state index < -0.39 is 17.5 Å². The van der Waals surface area contributed by atoms with Gasteiger partial charge in [0, 0.05) is 35.1 Å². The number of fused-ring (bicyclic) bond motifs is 1. The van der Waals surface area contributed by atoms with Crippen molar-refractivity contribution < 1.29 is 17.9 Å². The first kappa shape index (κ1) is 15.4. The molecule has 0 aliphatic carbocycles. The van der Waals surface area contributed by atoms with E-state index in [0.717, 1.165) is 5.56 Å². The topological polar surface area (TPSA) is 79.7 Å². The third kappa shape index (κ3) is 2.09. The second-order valence-electron chi connectivity index (χ2n) is 5.28. The van der Waals surface area contributed by atoms with E-state index in [4.69, 9.17) is 10.5 Å². The number of aromatic amines is 2. The number of aromatic nitrogens is 3. The number of ether oxygens (including phenoxy) is 1. The van der Waals surface area contributed by atoms with Crippen LogP contribution >= 0.6 is 0 Å². The predicted octanol–water partition coefficient (Wildman–Crippen LogP) is 2.97. The van der Waals surface area contributed by atoms with Gasteiger partial charge in [-0.3, -0.25) is 0 Å². The molecule has 0 spiro atoms. The van der Waals surface area contributed by atoms with Crippen molar-refractivity contribution in [1.82, 2.24) is 15.0 Å². The van der Waals surface area contributed by atoms with Gasteiger partial charge in [-0.25, -0.2) is 4.98 Å². The maximum Gasteiger partial charge on any atom is 0.418 e. The van der Waals surface area contributed by atoms with Gasteiger partial charge in [0.15, 0.2) is 0 Å². The molecule has 23 heavy (non-hydrogen) atoms. The van der Waals surface area contributed by atoms with E-state index in [9.17, 15) is 13.2 Å². The van der Waals surface area contributed by atoms with E-state index >= 15 is 0 Å². The first-order chi connectivity index (χ1) is 10.8. The number of halogens is 3. The Morgan fingerprint density at radius 2 is 1.96 bits per heavy atom. The minimum Gasteiger partial charge on any atom is -0.496 e. The predicted molar refractivity (Wildman–Crippen MR) is 79.2 cm³/mol. The summed E-state index contributed by atoms with van der Waals surface area (Å²) < 4.78 is 47.1. The molecule has 0 aliphatic heterocycles. The summed E-state index contributed by atoms with van der Waals surface area (Å²) in [7, 11) is 1.32. The molecule has 0 saturated carbocycles. The molecule has 1 unspecified atom stereocenters. The molecule has 0 radical (unpaired) electrons. The van der Waals surface area contributed by atoms with Crippen LogP contribution in [0.3, 0.4) is 0 Å². The van der Waals surface area contributed by atoms with Crippen LogP contribution in [0.15, 0.2) is 30.7 Å². The van der Waals surface area contributed by atoms with Gasteiger partial charge in [0.25, 0.3) is 0 Å². The zero-order valence-corrected chi connectivity index (χ0v) is 12.5. The van der Waals surface area contributed by atoms with Gasteiger partial charge in [-0.15, -0.1) is 0 Å². The molecule has 0 amide bonds. The average molecular weight is 324 g/mol. The third-order valence-electron chi connectivity index (χ3n) is 3.94. The normalized spacial score (nSPS) is 14.9. The number of rotatable bonds is 3. The number of nitrogens with zero attached hydrogens (tertiary/aromatic N) is 1. The van der Waals surface area contributed by atoms with E-state index in [2.05, 4.69) is 15.0 Å². The van der Waals surface area contributed by atoms with E-state index in [1.165, 1.54) is 25.6 Å². The molecule has 8 heteroatoms. The number of imidazole rings is 1. The highest BCUT2D eigenvalue weighted by Crippen LogP contribution is 2.47. The van der Waals surface area contributed by atoms with Gasteiger partial charge in [0.05, 0.1) is 7.11 Å². The van der Waals surface area contributed by atoms with Gasteiger partial charge in [-0.05, 0) is 24.6 Å². The SMILES string of the molecule is COc1cc(C)c2[nH]ccc2c1C(N)(c1ncc[nH]1)C(F)(F)F. The highest BCUT2D eigenvalue weighted by molar-refractivity contribution is 5.89. The smallest absolute Gasteiger partial charge is 0.418 e. The van der Waals surface area contributed by atoms with Crippen LogP contribution in [-0.4, -0.2) is 28.2 Å². The summed E-state index contributed by atoms with van der Waals surface area (Å²) in [6, 6.07) is 3.08. The Balaban J connectivity index is 2.45. The fraction of sp³-hybridized carbons (Fsp3) is 0.267. The molecule has 1 atom stereocenters. The zero-order chi connectivity index (χ0) is 16.8. The van der Waals surface area contributed by atoms with Crippen LogP contribution in [0.25, 0.3) is 10.9 Å². The number of nitrogens with one attached hydrogen (secondary N) is 2. The first-order valence-corrected chi connectivity index (χ1v) is 6.81. The summed E-state index contributed by atoms with van der Waals surface area (Å²) in [6.45, 7) is 1.78. The van der Waals surface area contributed by atoms with E-state index in [0.29, 0.717) is 10.9 Å². The molecular formula is C15H15F3N4O. The van der Waals surface area contributed by atoms with E-state index in [-0.39, 0.29) is 11.3 Å². The summed E-state index contributed by atoms with van der Waals surface area (Å²) >= 11 is 0. The van der Waals surface area contributed by atoms with E-state index in [1.54, 1.807) is 19.2 Å². The second-order valence-corrected chi connectivity index (χ2v) is 5.28. The van der Waals surface area contributed by atoms with Crippen molar-refractivity contribution in [2.75, 3.05) is 7.11 Å². The number of H-pyrrole nitrogens is 2. The van der Waals surface area contributed by atoms with E-state index in [1.807, 2.05) is 0 Å². The number of aryl methyl sites for hydroxylation is 1. The molecule has 0 fully saturated rings. The maximum atomic E-state index is 14.0. The van der Waals surface area contributed by atoms with Crippen LogP contribution in [-0.2, 0) is 5.54 Å². The van der Waals surface area contributed by atoms with Gasteiger partial charge >= 0.3 is 6.18 Å². The minimum atomic E-state index is -4.78. The standard InChI is InChI=1S/C15H15F3N4O/c1-8-7-10(23-2)11(9-3-4-20-12(8)9)14(19,15(16,17)18)13-21-5-6-22-13/h3-7,20H,19H2,1-2H3,(H,21,22). The van der Waals surface area contributed by atoms with Gasteiger partial charge in [-0.1, -0.05) is 0 Å². The monoisotopic (exact) mass is 324 g/mol. The molecule has 4 N–H and O–H groups in total. The van der Waals surface area contributed by atoms with Crippen molar-refractivity contribution >= 4 is 10.9 Å².